The third kappa shape index (κ3) is 3.49. The number of fused-ring (bicyclic) bond motifs is 1. The maximum atomic E-state index is 12.2. The van der Waals surface area contributed by atoms with Crippen LogP contribution in [0.2, 0.25) is 0 Å². The van der Waals surface area contributed by atoms with Gasteiger partial charge in [-0.15, -0.1) is 0 Å². The van der Waals surface area contributed by atoms with Crippen LogP contribution in [0.15, 0.2) is 29.1 Å². The number of nitrogens with zero attached hydrogens (tertiary/aromatic N) is 2. The summed E-state index contributed by atoms with van der Waals surface area (Å²) in [4.78, 5) is 39.1. The van der Waals surface area contributed by atoms with Gasteiger partial charge in [-0.3, -0.25) is 14.4 Å². The number of carbonyl (C=O) groups excluding carboxylic acids is 2. The number of amides is 1. The molecule has 7 heteroatoms. The Bertz CT molecular complexity index is 767. The molecule has 0 fully saturated rings. The van der Waals surface area contributed by atoms with Crippen molar-refractivity contribution in [1.82, 2.24) is 14.9 Å². The second-order valence-corrected chi connectivity index (χ2v) is 4.76. The van der Waals surface area contributed by atoms with E-state index in [2.05, 4.69) is 15.0 Å². The molecule has 2 aromatic rings. The Morgan fingerprint density at radius 3 is 2.77 bits per heavy atom. The van der Waals surface area contributed by atoms with Gasteiger partial charge in [0, 0.05) is 19.9 Å². The van der Waals surface area contributed by atoms with Crippen LogP contribution in [0.25, 0.3) is 11.0 Å². The lowest BCUT2D eigenvalue weighted by Crippen LogP contribution is -2.31. The highest BCUT2D eigenvalue weighted by Gasteiger charge is 2.11. The predicted molar refractivity (Wildman–Crippen MR) is 80.3 cm³/mol. The van der Waals surface area contributed by atoms with E-state index >= 15 is 0 Å². The Hall–Kier alpha value is -2.70. The lowest BCUT2D eigenvalue weighted by atomic mass is 10.2. The zero-order valence-corrected chi connectivity index (χ0v) is 12.5. The molecule has 1 amide bonds. The second kappa shape index (κ2) is 6.84. The molecule has 0 radical (unpaired) electrons. The molecule has 0 aliphatic carbocycles. The van der Waals surface area contributed by atoms with Gasteiger partial charge in [0.25, 0.3) is 5.56 Å². The fourth-order valence-corrected chi connectivity index (χ4v) is 2.06. The minimum Gasteiger partial charge on any atom is -0.468 e. The van der Waals surface area contributed by atoms with Crippen molar-refractivity contribution in [2.24, 2.45) is 7.05 Å². The van der Waals surface area contributed by atoms with Crippen molar-refractivity contribution in [2.45, 2.75) is 12.8 Å². The summed E-state index contributed by atoms with van der Waals surface area (Å²) in [5.74, 6) is -0.851. The summed E-state index contributed by atoms with van der Waals surface area (Å²) in [6, 6.07) is 7.31. The molecular weight excluding hydrogens is 286 g/mol. The summed E-state index contributed by atoms with van der Waals surface area (Å²) >= 11 is 0. The van der Waals surface area contributed by atoms with Crippen LogP contribution in [0.3, 0.4) is 0 Å². The van der Waals surface area contributed by atoms with Crippen molar-refractivity contribution >= 4 is 22.9 Å². The first-order chi connectivity index (χ1) is 10.5. The standard InChI is InChI=1S/C15H17N3O4/c1-18-12-6-4-3-5-10(12)17-11(15(18)21)7-8-13(19)16-9-14(20)22-2/h3-6H,7-9H2,1-2H3,(H,16,19). The van der Waals surface area contributed by atoms with Crippen LogP contribution in [0.5, 0.6) is 0 Å². The lowest BCUT2D eigenvalue weighted by Gasteiger charge is -2.08. The minimum atomic E-state index is -0.520. The second-order valence-electron chi connectivity index (χ2n) is 4.76. The Kier molecular flexibility index (Phi) is 4.88. The largest absolute Gasteiger partial charge is 0.468 e. The topological polar surface area (TPSA) is 90.3 Å². The Labute approximate surface area is 126 Å². The molecule has 1 heterocycles. The third-order valence-electron chi connectivity index (χ3n) is 3.30. The predicted octanol–water partition coefficient (Wildman–Crippen LogP) is 0.155. The maximum absolute atomic E-state index is 12.2. The molecular formula is C15H17N3O4. The normalized spacial score (nSPS) is 10.5. The smallest absolute Gasteiger partial charge is 0.325 e. The molecule has 0 saturated carbocycles. The van der Waals surface area contributed by atoms with Gasteiger partial charge in [0.05, 0.1) is 18.1 Å². The summed E-state index contributed by atoms with van der Waals surface area (Å²) in [7, 11) is 2.92. The fourth-order valence-electron chi connectivity index (χ4n) is 2.06. The van der Waals surface area contributed by atoms with E-state index < -0.39 is 5.97 Å². The SMILES string of the molecule is COC(=O)CNC(=O)CCc1nc2ccccc2n(C)c1=O. The van der Waals surface area contributed by atoms with E-state index in [1.807, 2.05) is 24.3 Å². The number of para-hydroxylation sites is 2. The van der Waals surface area contributed by atoms with Gasteiger partial charge in [0.15, 0.2) is 0 Å². The number of carbonyl (C=O) groups is 2. The summed E-state index contributed by atoms with van der Waals surface area (Å²) < 4.78 is 5.94. The summed E-state index contributed by atoms with van der Waals surface area (Å²) in [5, 5.41) is 2.42. The number of aromatic nitrogens is 2. The highest BCUT2D eigenvalue weighted by atomic mass is 16.5. The molecule has 1 aromatic heterocycles. The van der Waals surface area contributed by atoms with E-state index in [1.54, 1.807) is 7.05 Å². The quantitative estimate of drug-likeness (QED) is 0.794. The van der Waals surface area contributed by atoms with Gasteiger partial charge in [-0.1, -0.05) is 12.1 Å². The molecule has 1 N–H and O–H groups in total. The number of esters is 1. The average Bonchev–Trinajstić information content (AvgIpc) is 2.54. The first kappa shape index (κ1) is 15.7. The van der Waals surface area contributed by atoms with Crippen molar-refractivity contribution in [3.63, 3.8) is 0 Å². The molecule has 7 nitrogen and oxygen atoms in total. The molecule has 0 unspecified atom stereocenters. The number of benzene rings is 1. The highest BCUT2D eigenvalue weighted by Crippen LogP contribution is 2.09. The van der Waals surface area contributed by atoms with Crippen molar-refractivity contribution < 1.29 is 14.3 Å². The van der Waals surface area contributed by atoms with Crippen molar-refractivity contribution in [1.29, 1.82) is 0 Å². The van der Waals surface area contributed by atoms with Crippen LogP contribution >= 0.6 is 0 Å². The third-order valence-corrected chi connectivity index (χ3v) is 3.30. The molecule has 0 aliphatic heterocycles. The molecule has 0 spiro atoms. The number of hydrogen-bond donors (Lipinski definition) is 1. The molecule has 22 heavy (non-hydrogen) atoms. The Balaban J connectivity index is 2.09. The van der Waals surface area contributed by atoms with Gasteiger partial charge < -0.3 is 14.6 Å². The van der Waals surface area contributed by atoms with Crippen molar-refractivity contribution in [3.05, 3.63) is 40.3 Å². The van der Waals surface area contributed by atoms with E-state index in [4.69, 9.17) is 0 Å². The van der Waals surface area contributed by atoms with Crippen molar-refractivity contribution in [3.8, 4) is 0 Å². The van der Waals surface area contributed by atoms with Gasteiger partial charge >= 0.3 is 5.97 Å². The van der Waals surface area contributed by atoms with Crippen LogP contribution in [0, 0.1) is 0 Å². The number of methoxy groups -OCH3 is 1. The van der Waals surface area contributed by atoms with Gasteiger partial charge in [-0.2, -0.15) is 0 Å². The van der Waals surface area contributed by atoms with Gasteiger partial charge in [-0.05, 0) is 12.1 Å². The lowest BCUT2D eigenvalue weighted by molar-refractivity contribution is -0.141. The molecule has 116 valence electrons. The van der Waals surface area contributed by atoms with E-state index in [0.29, 0.717) is 11.2 Å². The van der Waals surface area contributed by atoms with Gasteiger partial charge in [0.2, 0.25) is 5.91 Å². The van der Waals surface area contributed by atoms with E-state index in [1.165, 1.54) is 11.7 Å². The Morgan fingerprint density at radius 2 is 2.05 bits per heavy atom. The zero-order chi connectivity index (χ0) is 16.1. The minimum absolute atomic E-state index is 0.0809. The number of aryl methyl sites for hydroxylation is 2. The number of rotatable bonds is 5. The molecule has 0 bridgehead atoms. The molecule has 0 saturated heterocycles. The van der Waals surface area contributed by atoms with Crippen LogP contribution in [0.4, 0.5) is 0 Å². The first-order valence-corrected chi connectivity index (χ1v) is 6.81. The summed E-state index contributed by atoms with van der Waals surface area (Å²) in [6.45, 7) is -0.182. The van der Waals surface area contributed by atoms with Crippen LogP contribution in [-0.4, -0.2) is 35.1 Å². The average molecular weight is 303 g/mol. The summed E-state index contributed by atoms with van der Waals surface area (Å²) in [6.07, 6.45) is 0.294. The van der Waals surface area contributed by atoms with Crippen LogP contribution in [0.1, 0.15) is 12.1 Å². The van der Waals surface area contributed by atoms with E-state index in [-0.39, 0.29) is 30.9 Å². The van der Waals surface area contributed by atoms with Crippen LogP contribution < -0.4 is 10.9 Å². The van der Waals surface area contributed by atoms with E-state index in [0.717, 1.165) is 5.52 Å². The number of nitrogens with one attached hydrogen (secondary N) is 1. The van der Waals surface area contributed by atoms with Crippen LogP contribution in [-0.2, 0) is 27.8 Å². The monoisotopic (exact) mass is 303 g/mol. The van der Waals surface area contributed by atoms with E-state index in [9.17, 15) is 14.4 Å². The first-order valence-electron chi connectivity index (χ1n) is 6.81. The summed E-state index contributed by atoms with van der Waals surface area (Å²) in [5.41, 5.74) is 1.55. The number of ether oxygens (including phenoxy) is 1. The zero-order valence-electron chi connectivity index (χ0n) is 12.5. The highest BCUT2D eigenvalue weighted by molar-refractivity contribution is 5.82. The fraction of sp³-hybridized carbons (Fsp3) is 0.333. The Morgan fingerprint density at radius 1 is 1.32 bits per heavy atom. The number of hydrogen-bond acceptors (Lipinski definition) is 5. The van der Waals surface area contributed by atoms with Crippen molar-refractivity contribution in [2.75, 3.05) is 13.7 Å². The molecule has 1 aromatic carbocycles. The van der Waals surface area contributed by atoms with Gasteiger partial charge in [-0.25, -0.2) is 4.98 Å². The van der Waals surface area contributed by atoms with Gasteiger partial charge in [0.1, 0.15) is 12.2 Å². The molecule has 0 atom stereocenters. The molecule has 2 rings (SSSR count). The molecule has 0 aliphatic rings. The maximum Gasteiger partial charge on any atom is 0.325 e.